The first kappa shape index (κ1) is 40.4. The van der Waals surface area contributed by atoms with Crippen LogP contribution in [-0.2, 0) is 0 Å². The van der Waals surface area contributed by atoms with Crippen molar-refractivity contribution in [3.8, 4) is 0 Å². The van der Waals surface area contributed by atoms with E-state index in [-0.39, 0.29) is 6.71 Å². The number of hydrogen-bond donors (Lipinski definition) is 0. The minimum absolute atomic E-state index is 0.0403. The topological polar surface area (TPSA) is 6.48 Å². The van der Waals surface area contributed by atoms with Crippen molar-refractivity contribution < 1.29 is 0 Å². The fourth-order valence-corrected chi connectivity index (χ4v) is 8.17. The number of aryl methyl sites for hydroxylation is 4. The van der Waals surface area contributed by atoms with E-state index in [1.165, 1.54) is 55.3 Å². The van der Waals surface area contributed by atoms with Crippen molar-refractivity contribution in [3.05, 3.63) is 197 Å². The number of benzene rings is 7. The Morgan fingerprint density at radius 1 is 0.328 bits per heavy atom. The first-order valence-corrected chi connectivity index (χ1v) is 21.1. The van der Waals surface area contributed by atoms with Crippen molar-refractivity contribution in [1.29, 1.82) is 0 Å². The molecule has 0 spiro atoms. The fraction of sp³-hybridized carbons (Fsp3) is 0.236. The van der Waals surface area contributed by atoms with E-state index in [2.05, 4.69) is 237 Å². The summed E-state index contributed by atoms with van der Waals surface area (Å²) in [5, 5.41) is 0. The predicted molar refractivity (Wildman–Crippen MR) is 255 cm³/mol. The number of nitrogens with zero attached hydrogens (tertiary/aromatic N) is 2. The number of anilines is 6. The zero-order valence-electron chi connectivity index (χ0n) is 36.2. The maximum atomic E-state index is 2.50. The van der Waals surface area contributed by atoms with Gasteiger partial charge in [0.1, 0.15) is 0 Å². The Morgan fingerprint density at radius 3 is 0.793 bits per heavy atom. The Morgan fingerprint density at radius 2 is 0.569 bits per heavy atom. The molecule has 0 radical (unpaired) electrons. The van der Waals surface area contributed by atoms with Gasteiger partial charge in [0.25, 0.3) is 0 Å². The standard InChI is InChI=1S/C55H59BN2/c1-37(2)44-35-53(38(3)4)55(54(36-44)39(5)6)56(45-19-31-51(32-20-45)57(47-23-11-40(7)12-24-47)48-25-13-41(8)14-26-48)46-21-33-52(34-22-46)58(49-27-15-42(9)16-28-49)50-29-17-43(10)18-30-50/h11-39H,1-10H3. The van der Waals surface area contributed by atoms with Crippen LogP contribution < -0.4 is 26.2 Å². The minimum atomic E-state index is 0.0403. The molecule has 292 valence electrons. The largest absolute Gasteiger partial charge is 0.311 e. The lowest BCUT2D eigenvalue weighted by atomic mass is 9.34. The second-order valence-corrected chi connectivity index (χ2v) is 17.2. The number of hydrogen-bond acceptors (Lipinski definition) is 2. The second kappa shape index (κ2) is 17.4. The van der Waals surface area contributed by atoms with Crippen LogP contribution in [0.2, 0.25) is 0 Å². The van der Waals surface area contributed by atoms with Crippen LogP contribution in [-0.4, -0.2) is 6.71 Å². The van der Waals surface area contributed by atoms with E-state index in [1.807, 2.05) is 0 Å². The van der Waals surface area contributed by atoms with Crippen molar-refractivity contribution in [1.82, 2.24) is 0 Å². The smallest absolute Gasteiger partial charge is 0.241 e. The summed E-state index contributed by atoms with van der Waals surface area (Å²) in [7, 11) is 0. The van der Waals surface area contributed by atoms with Gasteiger partial charge in [-0.25, -0.2) is 0 Å². The fourth-order valence-electron chi connectivity index (χ4n) is 8.17. The van der Waals surface area contributed by atoms with Gasteiger partial charge < -0.3 is 9.80 Å². The maximum absolute atomic E-state index is 2.50. The van der Waals surface area contributed by atoms with Crippen LogP contribution in [0.25, 0.3) is 0 Å². The van der Waals surface area contributed by atoms with Crippen LogP contribution in [0, 0.1) is 27.7 Å². The lowest BCUT2D eigenvalue weighted by Gasteiger charge is -2.30. The van der Waals surface area contributed by atoms with Gasteiger partial charge in [-0.3, -0.25) is 0 Å². The molecule has 0 aliphatic heterocycles. The molecule has 0 saturated carbocycles. The highest BCUT2D eigenvalue weighted by Crippen LogP contribution is 2.36. The van der Waals surface area contributed by atoms with E-state index >= 15 is 0 Å². The average Bonchev–Trinajstić information content (AvgIpc) is 3.22. The average molecular weight is 759 g/mol. The second-order valence-electron chi connectivity index (χ2n) is 17.2. The first-order valence-electron chi connectivity index (χ1n) is 21.1. The Labute approximate surface area is 349 Å². The minimum Gasteiger partial charge on any atom is -0.311 e. The third-order valence-electron chi connectivity index (χ3n) is 11.6. The van der Waals surface area contributed by atoms with E-state index in [9.17, 15) is 0 Å². The lowest BCUT2D eigenvalue weighted by molar-refractivity contribution is 0.812. The molecule has 7 aromatic carbocycles. The lowest BCUT2D eigenvalue weighted by Crippen LogP contribution is -2.55. The highest BCUT2D eigenvalue weighted by molar-refractivity contribution is 6.96. The van der Waals surface area contributed by atoms with Gasteiger partial charge in [0.05, 0.1) is 0 Å². The molecule has 0 bridgehead atoms. The molecule has 0 amide bonds. The van der Waals surface area contributed by atoms with Crippen molar-refractivity contribution in [2.75, 3.05) is 9.80 Å². The van der Waals surface area contributed by atoms with E-state index in [0.717, 1.165) is 34.1 Å². The third kappa shape index (κ3) is 8.70. The third-order valence-corrected chi connectivity index (χ3v) is 11.6. The molecule has 0 unspecified atom stereocenters. The van der Waals surface area contributed by atoms with Crippen LogP contribution in [0.5, 0.6) is 0 Å². The zero-order chi connectivity index (χ0) is 41.1. The summed E-state index contributed by atoms with van der Waals surface area (Å²) in [6.45, 7) is 22.7. The maximum Gasteiger partial charge on any atom is 0.241 e. The van der Waals surface area contributed by atoms with Gasteiger partial charge in [0.15, 0.2) is 0 Å². The molecule has 0 saturated heterocycles. The van der Waals surface area contributed by atoms with Crippen LogP contribution >= 0.6 is 0 Å². The van der Waals surface area contributed by atoms with Crippen molar-refractivity contribution in [3.63, 3.8) is 0 Å². The summed E-state index contributed by atoms with van der Waals surface area (Å²) in [6, 6.07) is 59.2. The Bertz CT molecular complexity index is 2170. The summed E-state index contributed by atoms with van der Waals surface area (Å²) in [5.41, 5.74) is 20.2. The molecule has 0 atom stereocenters. The van der Waals surface area contributed by atoms with Crippen molar-refractivity contribution >= 4 is 57.2 Å². The quantitative estimate of drug-likeness (QED) is 0.115. The molecule has 0 N–H and O–H groups in total. The molecule has 2 nitrogen and oxygen atoms in total. The van der Waals surface area contributed by atoms with Gasteiger partial charge in [0.2, 0.25) is 6.71 Å². The summed E-state index contributed by atoms with van der Waals surface area (Å²) in [5.74, 6) is 1.18. The zero-order valence-corrected chi connectivity index (χ0v) is 36.2. The highest BCUT2D eigenvalue weighted by Gasteiger charge is 2.30. The van der Waals surface area contributed by atoms with Crippen LogP contribution in [0.1, 0.15) is 98.2 Å². The van der Waals surface area contributed by atoms with E-state index in [4.69, 9.17) is 0 Å². The predicted octanol–water partition coefficient (Wildman–Crippen LogP) is 13.7. The molecule has 0 fully saturated rings. The molecule has 7 rings (SSSR count). The van der Waals surface area contributed by atoms with Crippen LogP contribution in [0.15, 0.2) is 158 Å². The summed E-state index contributed by atoms with van der Waals surface area (Å²) in [4.78, 5) is 4.74. The van der Waals surface area contributed by atoms with Crippen LogP contribution in [0.3, 0.4) is 0 Å². The van der Waals surface area contributed by atoms with Gasteiger partial charge in [0, 0.05) is 34.1 Å². The monoisotopic (exact) mass is 758 g/mol. The van der Waals surface area contributed by atoms with E-state index < -0.39 is 0 Å². The number of rotatable bonds is 12. The van der Waals surface area contributed by atoms with E-state index in [0.29, 0.717) is 17.8 Å². The molecule has 0 heterocycles. The van der Waals surface area contributed by atoms with Gasteiger partial charge in [-0.2, -0.15) is 0 Å². The summed E-state index contributed by atoms with van der Waals surface area (Å²) < 4.78 is 0. The van der Waals surface area contributed by atoms with Gasteiger partial charge in [-0.1, -0.05) is 165 Å². The highest BCUT2D eigenvalue weighted by atomic mass is 15.1. The Hall–Kier alpha value is -5.80. The summed E-state index contributed by atoms with van der Waals surface area (Å²) in [6.07, 6.45) is 0. The molecular formula is C55H59BN2. The van der Waals surface area contributed by atoms with E-state index in [1.54, 1.807) is 0 Å². The molecule has 7 aromatic rings. The summed E-state index contributed by atoms with van der Waals surface area (Å²) >= 11 is 0. The molecular weight excluding hydrogens is 699 g/mol. The molecule has 0 aliphatic carbocycles. The molecule has 0 aliphatic rings. The molecule has 0 aromatic heterocycles. The van der Waals surface area contributed by atoms with Crippen molar-refractivity contribution in [2.24, 2.45) is 0 Å². The molecule has 3 heteroatoms. The van der Waals surface area contributed by atoms with Crippen LogP contribution in [0.4, 0.5) is 34.1 Å². The van der Waals surface area contributed by atoms with Gasteiger partial charge in [-0.15, -0.1) is 0 Å². The van der Waals surface area contributed by atoms with Gasteiger partial charge >= 0.3 is 0 Å². The Kier molecular flexibility index (Phi) is 12.1. The van der Waals surface area contributed by atoms with Crippen molar-refractivity contribution in [2.45, 2.75) is 87.0 Å². The molecule has 58 heavy (non-hydrogen) atoms. The first-order chi connectivity index (χ1) is 27.9. The SMILES string of the molecule is Cc1ccc(N(c2ccc(C)cc2)c2ccc(B(c3ccc(N(c4ccc(C)cc4)c4ccc(C)cc4)cc3)c3c(C(C)C)cc(C(C)C)cc3C(C)C)cc2)cc1. The van der Waals surface area contributed by atoms with Gasteiger partial charge in [-0.05, 0) is 135 Å². The normalized spacial score (nSPS) is 11.4. The Balaban J connectivity index is 1.40.